The molecule has 1 N–H and O–H groups in total. The van der Waals surface area contributed by atoms with Gasteiger partial charge < -0.3 is 9.67 Å². The largest absolute Gasteiger partial charge is 0.508 e. The number of rotatable bonds is 3. The van der Waals surface area contributed by atoms with Gasteiger partial charge in [0.2, 0.25) is 0 Å². The number of aryl methyl sites for hydroxylation is 1. The smallest absolute Gasteiger partial charge is 0.141 e. The summed E-state index contributed by atoms with van der Waals surface area (Å²) >= 11 is 0. The van der Waals surface area contributed by atoms with Gasteiger partial charge in [0.25, 0.3) is 0 Å². The van der Waals surface area contributed by atoms with Crippen LogP contribution in [0.4, 0.5) is 0 Å². The molecule has 4 rings (SSSR count). The van der Waals surface area contributed by atoms with Crippen LogP contribution in [0.15, 0.2) is 72.8 Å². The van der Waals surface area contributed by atoms with Gasteiger partial charge in [-0.1, -0.05) is 54.1 Å². The number of benzene rings is 3. The number of aromatic nitrogens is 2. The highest BCUT2D eigenvalue weighted by Crippen LogP contribution is 2.26. The highest BCUT2D eigenvalue weighted by atomic mass is 16.3. The molecule has 0 unspecified atom stereocenters. The van der Waals surface area contributed by atoms with Gasteiger partial charge >= 0.3 is 0 Å². The van der Waals surface area contributed by atoms with E-state index in [4.69, 9.17) is 4.98 Å². The van der Waals surface area contributed by atoms with E-state index in [2.05, 4.69) is 41.8 Å². The minimum Gasteiger partial charge on any atom is -0.508 e. The second-order valence-corrected chi connectivity index (χ2v) is 6.04. The topological polar surface area (TPSA) is 38.0 Å². The van der Waals surface area contributed by atoms with Crippen LogP contribution < -0.4 is 0 Å². The lowest BCUT2D eigenvalue weighted by Crippen LogP contribution is -2.02. The van der Waals surface area contributed by atoms with E-state index in [1.165, 1.54) is 5.56 Å². The van der Waals surface area contributed by atoms with Gasteiger partial charge in [0.1, 0.15) is 11.6 Å². The molecule has 0 bridgehead atoms. The Morgan fingerprint density at radius 3 is 2.33 bits per heavy atom. The molecule has 0 spiro atoms. The molecule has 0 fully saturated rings. The summed E-state index contributed by atoms with van der Waals surface area (Å²) in [5, 5.41) is 9.49. The first-order chi connectivity index (χ1) is 11.7. The maximum Gasteiger partial charge on any atom is 0.141 e. The molecular weight excluding hydrogens is 296 g/mol. The van der Waals surface area contributed by atoms with Gasteiger partial charge in [-0.2, -0.15) is 0 Å². The van der Waals surface area contributed by atoms with Gasteiger partial charge in [0.15, 0.2) is 0 Å². The number of imidazole rings is 1. The molecule has 4 aromatic rings. The summed E-state index contributed by atoms with van der Waals surface area (Å²) in [6.45, 7) is 2.80. The number of phenolic OH excluding ortho intramolecular Hbond substituents is 1. The van der Waals surface area contributed by atoms with Crippen molar-refractivity contribution in [1.29, 1.82) is 0 Å². The fourth-order valence-electron chi connectivity index (χ4n) is 2.94. The Balaban J connectivity index is 1.86. The number of nitrogens with zero attached hydrogens (tertiary/aromatic N) is 2. The number of para-hydroxylation sites is 2. The molecule has 1 aromatic heterocycles. The maximum atomic E-state index is 9.49. The van der Waals surface area contributed by atoms with Gasteiger partial charge in [-0.3, -0.25) is 0 Å². The third kappa shape index (κ3) is 2.65. The van der Waals surface area contributed by atoms with Gasteiger partial charge in [-0.15, -0.1) is 0 Å². The van der Waals surface area contributed by atoms with E-state index < -0.39 is 0 Å². The molecule has 0 saturated heterocycles. The zero-order chi connectivity index (χ0) is 16.5. The standard InChI is InChI=1S/C21H18N2O/c1-15-6-10-17(11-7-15)21-22-19-4-2-3-5-20(19)23(21)14-16-8-12-18(24)13-9-16/h2-13,24H,14H2,1H3. The molecule has 1 heterocycles. The minimum atomic E-state index is 0.285. The summed E-state index contributed by atoms with van der Waals surface area (Å²) < 4.78 is 2.23. The predicted octanol–water partition coefficient (Wildman–Crippen LogP) is 4.77. The van der Waals surface area contributed by atoms with E-state index >= 15 is 0 Å². The molecule has 118 valence electrons. The van der Waals surface area contributed by atoms with Crippen molar-refractivity contribution in [3.05, 3.63) is 83.9 Å². The molecule has 0 amide bonds. The second-order valence-electron chi connectivity index (χ2n) is 6.04. The molecule has 0 aliphatic rings. The molecule has 3 aromatic carbocycles. The predicted molar refractivity (Wildman–Crippen MR) is 97.1 cm³/mol. The normalized spacial score (nSPS) is 11.0. The Morgan fingerprint density at radius 1 is 0.875 bits per heavy atom. The number of fused-ring (bicyclic) bond motifs is 1. The highest BCUT2D eigenvalue weighted by Gasteiger charge is 2.12. The lowest BCUT2D eigenvalue weighted by Gasteiger charge is -2.10. The summed E-state index contributed by atoms with van der Waals surface area (Å²) in [6.07, 6.45) is 0. The van der Waals surface area contributed by atoms with E-state index in [0.29, 0.717) is 6.54 Å². The second kappa shape index (κ2) is 5.85. The van der Waals surface area contributed by atoms with Crippen molar-refractivity contribution in [2.24, 2.45) is 0 Å². The van der Waals surface area contributed by atoms with Crippen LogP contribution in [-0.2, 0) is 6.54 Å². The summed E-state index contributed by atoms with van der Waals surface area (Å²) in [5.41, 5.74) is 5.58. The molecule has 0 saturated carbocycles. The summed E-state index contributed by atoms with van der Waals surface area (Å²) in [5.74, 6) is 1.25. The Kier molecular flexibility index (Phi) is 3.54. The monoisotopic (exact) mass is 314 g/mol. The third-order valence-corrected chi connectivity index (χ3v) is 4.24. The first kappa shape index (κ1) is 14.5. The van der Waals surface area contributed by atoms with Crippen LogP contribution in [0.2, 0.25) is 0 Å². The van der Waals surface area contributed by atoms with Gasteiger partial charge in [0.05, 0.1) is 11.0 Å². The van der Waals surface area contributed by atoms with Crippen molar-refractivity contribution in [2.45, 2.75) is 13.5 Å². The van der Waals surface area contributed by atoms with Gasteiger partial charge in [-0.25, -0.2) is 4.98 Å². The molecule has 3 nitrogen and oxygen atoms in total. The van der Waals surface area contributed by atoms with Gasteiger partial charge in [0, 0.05) is 12.1 Å². The highest BCUT2D eigenvalue weighted by molar-refractivity contribution is 5.80. The van der Waals surface area contributed by atoms with Crippen molar-refractivity contribution in [2.75, 3.05) is 0 Å². The van der Waals surface area contributed by atoms with Crippen LogP contribution >= 0.6 is 0 Å². The quantitative estimate of drug-likeness (QED) is 0.592. The van der Waals surface area contributed by atoms with Crippen LogP contribution in [-0.4, -0.2) is 14.7 Å². The van der Waals surface area contributed by atoms with Crippen molar-refractivity contribution in [3.63, 3.8) is 0 Å². The molecule has 0 aliphatic heterocycles. The lowest BCUT2D eigenvalue weighted by molar-refractivity contribution is 0.475. The number of phenols is 1. The van der Waals surface area contributed by atoms with Crippen LogP contribution in [0.5, 0.6) is 5.75 Å². The van der Waals surface area contributed by atoms with Crippen molar-refractivity contribution >= 4 is 11.0 Å². The number of hydrogen-bond donors (Lipinski definition) is 1. The summed E-state index contributed by atoms with van der Waals surface area (Å²) in [7, 11) is 0. The fourth-order valence-corrected chi connectivity index (χ4v) is 2.94. The molecule has 24 heavy (non-hydrogen) atoms. The third-order valence-electron chi connectivity index (χ3n) is 4.24. The fraction of sp³-hybridized carbons (Fsp3) is 0.0952. The van der Waals surface area contributed by atoms with E-state index in [0.717, 1.165) is 28.0 Å². The zero-order valence-corrected chi connectivity index (χ0v) is 13.5. The zero-order valence-electron chi connectivity index (χ0n) is 13.5. The van der Waals surface area contributed by atoms with Crippen LogP contribution in [0.25, 0.3) is 22.4 Å². The van der Waals surface area contributed by atoms with Crippen molar-refractivity contribution in [3.8, 4) is 17.1 Å². The summed E-state index contributed by atoms with van der Waals surface area (Å²) in [4.78, 5) is 4.84. The van der Waals surface area contributed by atoms with Gasteiger partial charge in [-0.05, 0) is 36.8 Å². The Labute approximate surface area is 140 Å². The maximum absolute atomic E-state index is 9.49. The average Bonchev–Trinajstić information content (AvgIpc) is 2.96. The van der Waals surface area contributed by atoms with E-state index in [9.17, 15) is 5.11 Å². The molecule has 0 atom stereocenters. The Hall–Kier alpha value is -3.07. The van der Waals surface area contributed by atoms with Crippen LogP contribution in [0.1, 0.15) is 11.1 Å². The Bertz CT molecular complexity index is 983. The molecule has 3 heteroatoms. The first-order valence-electron chi connectivity index (χ1n) is 8.01. The number of hydrogen-bond acceptors (Lipinski definition) is 2. The van der Waals surface area contributed by atoms with Crippen LogP contribution in [0, 0.1) is 6.92 Å². The SMILES string of the molecule is Cc1ccc(-c2nc3ccccc3n2Cc2ccc(O)cc2)cc1. The lowest BCUT2D eigenvalue weighted by atomic mass is 10.1. The van der Waals surface area contributed by atoms with Crippen LogP contribution in [0.3, 0.4) is 0 Å². The summed E-state index contributed by atoms with van der Waals surface area (Å²) in [6, 6.07) is 24.0. The minimum absolute atomic E-state index is 0.285. The van der Waals surface area contributed by atoms with E-state index in [1.54, 1.807) is 12.1 Å². The van der Waals surface area contributed by atoms with Crippen molar-refractivity contribution < 1.29 is 5.11 Å². The van der Waals surface area contributed by atoms with Crippen molar-refractivity contribution in [1.82, 2.24) is 9.55 Å². The first-order valence-corrected chi connectivity index (χ1v) is 8.01. The molecule has 0 radical (unpaired) electrons. The number of aromatic hydroxyl groups is 1. The average molecular weight is 314 g/mol. The Morgan fingerprint density at radius 2 is 1.58 bits per heavy atom. The molecular formula is C21H18N2O. The van der Waals surface area contributed by atoms with E-state index in [1.807, 2.05) is 30.3 Å². The van der Waals surface area contributed by atoms with E-state index in [-0.39, 0.29) is 5.75 Å². The molecule has 0 aliphatic carbocycles.